The molecular weight excluding hydrogens is 438 g/mol. The normalized spacial score (nSPS) is 11.5. The second-order valence-electron chi connectivity index (χ2n) is 4.13. The smallest absolute Gasteiger partial charge is 0.342 e. The molecule has 22 heavy (non-hydrogen) atoms. The van der Waals surface area contributed by atoms with E-state index in [2.05, 4.69) is 47.0 Å². The fourth-order valence-electron chi connectivity index (χ4n) is 1.65. The van der Waals surface area contributed by atoms with E-state index in [1.807, 2.05) is 6.07 Å². The standard InChI is InChI=1S/C13H11Br2N3O3S/c1-6-16-13(18-17-6)22-10(12(19)20)4-7-3-8(14)5-9(15)11(7)21-2/h3-5H,1-2H3,(H,19,20)(H,16,17,18)/b10-4-. The highest BCUT2D eigenvalue weighted by atomic mass is 79.9. The molecule has 1 aromatic heterocycles. The van der Waals surface area contributed by atoms with Crippen LogP contribution in [-0.4, -0.2) is 33.4 Å². The molecule has 2 rings (SSSR count). The Hall–Kier alpha value is -1.32. The van der Waals surface area contributed by atoms with Crippen LogP contribution in [0.3, 0.4) is 0 Å². The van der Waals surface area contributed by atoms with Gasteiger partial charge in [0.1, 0.15) is 16.5 Å². The van der Waals surface area contributed by atoms with Crippen molar-refractivity contribution in [3.05, 3.63) is 37.4 Å². The van der Waals surface area contributed by atoms with Gasteiger partial charge in [-0.15, -0.1) is 5.10 Å². The summed E-state index contributed by atoms with van der Waals surface area (Å²) >= 11 is 7.73. The molecule has 6 nitrogen and oxygen atoms in total. The molecule has 0 fully saturated rings. The molecule has 1 aromatic carbocycles. The first-order valence-corrected chi connectivity index (χ1v) is 8.36. The number of benzene rings is 1. The van der Waals surface area contributed by atoms with E-state index in [1.54, 1.807) is 13.0 Å². The molecule has 0 aliphatic rings. The molecule has 2 N–H and O–H groups in total. The number of nitrogens with zero attached hydrogens (tertiary/aromatic N) is 2. The number of hydrogen-bond donors (Lipinski definition) is 2. The molecule has 0 unspecified atom stereocenters. The summed E-state index contributed by atoms with van der Waals surface area (Å²) in [7, 11) is 1.53. The van der Waals surface area contributed by atoms with Crippen LogP contribution >= 0.6 is 43.6 Å². The van der Waals surface area contributed by atoms with E-state index >= 15 is 0 Å². The molecule has 0 saturated carbocycles. The Labute approximate surface area is 147 Å². The lowest BCUT2D eigenvalue weighted by Crippen LogP contribution is -1.98. The number of nitrogens with one attached hydrogen (secondary N) is 1. The van der Waals surface area contributed by atoms with Crippen LogP contribution in [-0.2, 0) is 4.79 Å². The molecule has 0 aliphatic carbocycles. The Balaban J connectivity index is 2.44. The summed E-state index contributed by atoms with van der Waals surface area (Å²) in [6.07, 6.45) is 1.52. The number of aromatic amines is 1. The molecule has 9 heteroatoms. The van der Waals surface area contributed by atoms with Gasteiger partial charge in [-0.05, 0) is 52.8 Å². The molecule has 0 amide bonds. The van der Waals surface area contributed by atoms with Gasteiger partial charge in [0.15, 0.2) is 0 Å². The van der Waals surface area contributed by atoms with E-state index in [0.717, 1.165) is 20.7 Å². The predicted octanol–water partition coefficient (Wildman–Crippen LogP) is 3.86. The fourth-order valence-corrected chi connectivity index (χ4v) is 3.81. The fraction of sp³-hybridized carbons (Fsp3) is 0.154. The number of carboxylic acids is 1. The molecule has 0 aliphatic heterocycles. The minimum Gasteiger partial charge on any atom is -0.495 e. The average molecular weight is 449 g/mol. The van der Waals surface area contributed by atoms with E-state index in [1.165, 1.54) is 13.2 Å². The number of hydrogen-bond acceptors (Lipinski definition) is 5. The van der Waals surface area contributed by atoms with Crippen LogP contribution in [0, 0.1) is 6.92 Å². The molecular formula is C13H11Br2N3O3S. The maximum absolute atomic E-state index is 11.5. The predicted molar refractivity (Wildman–Crippen MR) is 91.0 cm³/mol. The van der Waals surface area contributed by atoms with Gasteiger partial charge in [-0.3, -0.25) is 5.10 Å². The summed E-state index contributed by atoms with van der Waals surface area (Å²) in [5.74, 6) is 0.106. The Morgan fingerprint density at radius 2 is 2.18 bits per heavy atom. The first-order chi connectivity index (χ1) is 10.4. The number of aromatic nitrogens is 3. The maximum atomic E-state index is 11.5. The van der Waals surface area contributed by atoms with Crippen molar-refractivity contribution in [1.82, 2.24) is 15.2 Å². The van der Waals surface area contributed by atoms with Crippen molar-refractivity contribution in [1.29, 1.82) is 0 Å². The van der Waals surface area contributed by atoms with Crippen LogP contribution in [0.15, 0.2) is 31.1 Å². The Morgan fingerprint density at radius 1 is 1.45 bits per heavy atom. The van der Waals surface area contributed by atoms with E-state index < -0.39 is 5.97 Å². The van der Waals surface area contributed by atoms with Crippen LogP contribution in [0.4, 0.5) is 0 Å². The van der Waals surface area contributed by atoms with E-state index in [-0.39, 0.29) is 4.91 Å². The van der Waals surface area contributed by atoms with Gasteiger partial charge in [0, 0.05) is 10.0 Å². The zero-order valence-corrected chi connectivity index (χ0v) is 15.5. The quantitative estimate of drug-likeness (QED) is 0.533. The number of thioether (sulfide) groups is 1. The van der Waals surface area contributed by atoms with Gasteiger partial charge in [-0.25, -0.2) is 9.78 Å². The lowest BCUT2D eigenvalue weighted by atomic mass is 10.2. The summed E-state index contributed by atoms with van der Waals surface area (Å²) in [5, 5.41) is 16.3. The molecule has 0 spiro atoms. The number of aliphatic carboxylic acids is 1. The Bertz CT molecular complexity index is 746. The third-order valence-electron chi connectivity index (χ3n) is 2.52. The Kier molecular flexibility index (Phi) is 5.65. The van der Waals surface area contributed by atoms with Gasteiger partial charge in [-0.2, -0.15) is 0 Å². The van der Waals surface area contributed by atoms with Gasteiger partial charge in [0.2, 0.25) is 5.16 Å². The summed E-state index contributed by atoms with van der Waals surface area (Å²) in [6.45, 7) is 1.75. The highest BCUT2D eigenvalue weighted by Gasteiger charge is 2.15. The van der Waals surface area contributed by atoms with E-state index in [9.17, 15) is 9.90 Å². The monoisotopic (exact) mass is 447 g/mol. The SMILES string of the molecule is COc1c(Br)cc(Br)cc1/C=C(\Sc1n[nH]c(C)n1)C(=O)O. The van der Waals surface area contributed by atoms with Crippen molar-refractivity contribution in [3.8, 4) is 5.75 Å². The highest BCUT2D eigenvalue weighted by Crippen LogP contribution is 2.36. The third-order valence-corrected chi connectivity index (χ3v) is 4.44. The zero-order chi connectivity index (χ0) is 16.3. The van der Waals surface area contributed by atoms with Gasteiger partial charge in [0.05, 0.1) is 11.6 Å². The maximum Gasteiger partial charge on any atom is 0.342 e. The van der Waals surface area contributed by atoms with Crippen molar-refractivity contribution in [2.45, 2.75) is 12.1 Å². The number of carbonyl (C=O) groups is 1. The van der Waals surface area contributed by atoms with Gasteiger partial charge < -0.3 is 9.84 Å². The molecule has 0 atom stereocenters. The van der Waals surface area contributed by atoms with Crippen molar-refractivity contribution in [2.24, 2.45) is 0 Å². The lowest BCUT2D eigenvalue weighted by Gasteiger charge is -2.09. The largest absolute Gasteiger partial charge is 0.495 e. The van der Waals surface area contributed by atoms with Gasteiger partial charge in [-0.1, -0.05) is 15.9 Å². The molecule has 2 aromatic rings. The topological polar surface area (TPSA) is 88.1 Å². The van der Waals surface area contributed by atoms with Crippen molar-refractivity contribution in [3.63, 3.8) is 0 Å². The number of halogens is 2. The minimum absolute atomic E-state index is 0.0855. The summed E-state index contributed by atoms with van der Waals surface area (Å²) in [6, 6.07) is 3.60. The van der Waals surface area contributed by atoms with Crippen LogP contribution in [0.5, 0.6) is 5.75 Å². The average Bonchev–Trinajstić information content (AvgIpc) is 2.83. The molecule has 0 saturated heterocycles. The third kappa shape index (κ3) is 4.11. The highest BCUT2D eigenvalue weighted by molar-refractivity contribution is 9.11. The lowest BCUT2D eigenvalue weighted by molar-refractivity contribution is -0.131. The first-order valence-electron chi connectivity index (χ1n) is 5.95. The number of methoxy groups -OCH3 is 1. The number of H-pyrrole nitrogens is 1. The second kappa shape index (κ2) is 7.30. The van der Waals surface area contributed by atoms with Crippen molar-refractivity contribution >= 4 is 55.7 Å². The molecule has 116 valence electrons. The number of aryl methyl sites for hydroxylation is 1. The molecule has 1 heterocycles. The number of carboxylic acid groups (broad SMARTS) is 1. The van der Waals surface area contributed by atoms with Gasteiger partial charge >= 0.3 is 5.97 Å². The van der Waals surface area contributed by atoms with Crippen LogP contribution in [0.2, 0.25) is 0 Å². The van der Waals surface area contributed by atoms with Crippen LogP contribution in [0.1, 0.15) is 11.4 Å². The summed E-state index contributed by atoms with van der Waals surface area (Å²) < 4.78 is 6.84. The number of rotatable bonds is 5. The summed E-state index contributed by atoms with van der Waals surface area (Å²) in [5.41, 5.74) is 0.626. The minimum atomic E-state index is -1.06. The zero-order valence-electron chi connectivity index (χ0n) is 11.6. The van der Waals surface area contributed by atoms with Crippen molar-refractivity contribution in [2.75, 3.05) is 7.11 Å². The second-order valence-corrected chi connectivity index (χ2v) is 6.91. The van der Waals surface area contributed by atoms with Crippen LogP contribution in [0.25, 0.3) is 6.08 Å². The Morgan fingerprint density at radius 3 is 2.73 bits per heavy atom. The van der Waals surface area contributed by atoms with Gasteiger partial charge in [0.25, 0.3) is 0 Å². The van der Waals surface area contributed by atoms with Crippen molar-refractivity contribution < 1.29 is 14.6 Å². The summed E-state index contributed by atoms with van der Waals surface area (Å²) in [4.78, 5) is 15.6. The first kappa shape index (κ1) is 17.0. The van der Waals surface area contributed by atoms with E-state index in [4.69, 9.17) is 4.74 Å². The molecule has 0 bridgehead atoms. The van der Waals surface area contributed by atoms with Crippen LogP contribution < -0.4 is 4.74 Å². The molecule has 0 radical (unpaired) electrons. The van der Waals surface area contributed by atoms with E-state index in [0.29, 0.717) is 22.3 Å². The number of ether oxygens (including phenoxy) is 1.